The Labute approximate surface area is 197 Å². The van der Waals surface area contributed by atoms with Gasteiger partial charge in [-0.1, -0.05) is 56.3 Å². The molecule has 8 heteroatoms. The average molecular weight is 465 g/mol. The van der Waals surface area contributed by atoms with Crippen molar-refractivity contribution < 1.29 is 14.4 Å². The Kier molecular flexibility index (Phi) is 8.71. The molecule has 0 saturated carbocycles. The quantitative estimate of drug-likeness (QED) is 0.467. The first-order valence-electron chi connectivity index (χ1n) is 10.8. The molecule has 33 heavy (non-hydrogen) atoms. The molecular formula is C25H28N4O3S. The zero-order chi connectivity index (χ0) is 23.6. The third-order valence-electron chi connectivity index (χ3n) is 5.05. The summed E-state index contributed by atoms with van der Waals surface area (Å²) in [5.41, 5.74) is 2.74. The Morgan fingerprint density at radius 1 is 0.970 bits per heavy atom. The molecule has 0 radical (unpaired) electrons. The number of thiazole rings is 1. The second kappa shape index (κ2) is 11.9. The van der Waals surface area contributed by atoms with Gasteiger partial charge in [-0.3, -0.25) is 14.4 Å². The van der Waals surface area contributed by atoms with Crippen LogP contribution in [0.4, 0.5) is 10.8 Å². The van der Waals surface area contributed by atoms with Gasteiger partial charge in [0.25, 0.3) is 0 Å². The van der Waals surface area contributed by atoms with Crippen LogP contribution < -0.4 is 15.5 Å². The van der Waals surface area contributed by atoms with E-state index in [-0.39, 0.29) is 37.1 Å². The largest absolute Gasteiger partial charge is 0.350 e. The maximum atomic E-state index is 13.0. The van der Waals surface area contributed by atoms with Crippen molar-refractivity contribution in [2.24, 2.45) is 0 Å². The standard InChI is InChI=1S/C25H28N4O3S/c1-18(2)20-8-10-21(11-9-20)29(17-23(31)27-16-19-6-4-3-5-7-19)24(32)13-12-22(30)28-25-26-14-15-33-25/h3-11,14-15,18H,12-13,16-17H2,1-2H3,(H,27,31)(H,26,28,30). The zero-order valence-electron chi connectivity index (χ0n) is 18.8. The van der Waals surface area contributed by atoms with Crippen molar-refractivity contribution >= 4 is 39.9 Å². The highest BCUT2D eigenvalue weighted by Crippen LogP contribution is 2.21. The average Bonchev–Trinajstić information content (AvgIpc) is 3.33. The third-order valence-corrected chi connectivity index (χ3v) is 5.74. The molecule has 1 heterocycles. The Bertz CT molecular complexity index is 1050. The Morgan fingerprint density at radius 3 is 2.33 bits per heavy atom. The fourth-order valence-electron chi connectivity index (χ4n) is 3.18. The van der Waals surface area contributed by atoms with Gasteiger partial charge < -0.3 is 15.5 Å². The lowest BCUT2D eigenvalue weighted by Gasteiger charge is -2.23. The van der Waals surface area contributed by atoms with Crippen molar-refractivity contribution in [1.82, 2.24) is 10.3 Å². The van der Waals surface area contributed by atoms with E-state index >= 15 is 0 Å². The van der Waals surface area contributed by atoms with Crippen molar-refractivity contribution in [3.8, 4) is 0 Å². The summed E-state index contributed by atoms with van der Waals surface area (Å²) < 4.78 is 0. The number of aromatic nitrogens is 1. The van der Waals surface area contributed by atoms with Crippen molar-refractivity contribution in [1.29, 1.82) is 0 Å². The molecule has 0 aliphatic carbocycles. The van der Waals surface area contributed by atoms with Crippen LogP contribution in [0.3, 0.4) is 0 Å². The number of nitrogens with one attached hydrogen (secondary N) is 2. The first kappa shape index (κ1) is 24.1. The summed E-state index contributed by atoms with van der Waals surface area (Å²) >= 11 is 1.31. The van der Waals surface area contributed by atoms with Gasteiger partial charge in [-0.2, -0.15) is 0 Å². The molecule has 0 aliphatic rings. The summed E-state index contributed by atoms with van der Waals surface area (Å²) in [5.74, 6) is -0.502. The minimum Gasteiger partial charge on any atom is -0.350 e. The fraction of sp³-hybridized carbons (Fsp3) is 0.280. The van der Waals surface area contributed by atoms with E-state index < -0.39 is 0 Å². The van der Waals surface area contributed by atoms with Crippen LogP contribution in [-0.4, -0.2) is 29.3 Å². The van der Waals surface area contributed by atoms with Gasteiger partial charge in [0.15, 0.2) is 5.13 Å². The number of carbonyl (C=O) groups is 3. The summed E-state index contributed by atoms with van der Waals surface area (Å²) in [6.45, 7) is 4.44. The molecule has 0 saturated heterocycles. The number of nitrogens with zero attached hydrogens (tertiary/aromatic N) is 2. The molecule has 0 spiro atoms. The lowest BCUT2D eigenvalue weighted by molar-refractivity contribution is -0.125. The second-order valence-electron chi connectivity index (χ2n) is 7.87. The number of anilines is 2. The van der Waals surface area contributed by atoms with Crippen LogP contribution in [0.1, 0.15) is 43.7 Å². The molecule has 2 N–H and O–H groups in total. The fourth-order valence-corrected chi connectivity index (χ4v) is 3.73. The molecule has 0 bridgehead atoms. The van der Waals surface area contributed by atoms with E-state index in [2.05, 4.69) is 29.5 Å². The van der Waals surface area contributed by atoms with Gasteiger partial charge >= 0.3 is 0 Å². The van der Waals surface area contributed by atoms with Crippen LogP contribution in [-0.2, 0) is 20.9 Å². The first-order valence-corrected chi connectivity index (χ1v) is 11.7. The summed E-state index contributed by atoms with van der Waals surface area (Å²) in [5, 5.41) is 7.79. The van der Waals surface area contributed by atoms with Crippen LogP contribution in [0.2, 0.25) is 0 Å². The monoisotopic (exact) mass is 464 g/mol. The Morgan fingerprint density at radius 2 is 1.70 bits per heavy atom. The van der Waals surface area contributed by atoms with Gasteiger partial charge in [0.2, 0.25) is 17.7 Å². The van der Waals surface area contributed by atoms with E-state index in [9.17, 15) is 14.4 Å². The second-order valence-corrected chi connectivity index (χ2v) is 8.77. The molecular weight excluding hydrogens is 436 g/mol. The molecule has 3 amide bonds. The number of rotatable bonds is 10. The number of amides is 3. The summed E-state index contributed by atoms with van der Waals surface area (Å²) in [4.78, 5) is 43.3. The predicted molar refractivity (Wildman–Crippen MR) is 131 cm³/mol. The van der Waals surface area contributed by atoms with Crippen molar-refractivity contribution in [3.63, 3.8) is 0 Å². The molecule has 0 fully saturated rings. The topological polar surface area (TPSA) is 91.4 Å². The van der Waals surface area contributed by atoms with Crippen LogP contribution in [0.5, 0.6) is 0 Å². The van der Waals surface area contributed by atoms with Crippen molar-refractivity contribution in [2.45, 2.75) is 39.2 Å². The highest BCUT2D eigenvalue weighted by molar-refractivity contribution is 7.13. The molecule has 2 aromatic carbocycles. The Balaban J connectivity index is 1.65. The maximum absolute atomic E-state index is 13.0. The van der Waals surface area contributed by atoms with E-state index in [1.54, 1.807) is 11.6 Å². The van der Waals surface area contributed by atoms with Crippen molar-refractivity contribution in [3.05, 3.63) is 77.3 Å². The van der Waals surface area contributed by atoms with E-state index in [1.807, 2.05) is 54.6 Å². The number of hydrogen-bond donors (Lipinski definition) is 2. The van der Waals surface area contributed by atoms with Gasteiger partial charge in [0.05, 0.1) is 0 Å². The third kappa shape index (κ3) is 7.54. The summed E-state index contributed by atoms with van der Waals surface area (Å²) in [6.07, 6.45) is 1.59. The minimum atomic E-state index is -0.295. The van der Waals surface area contributed by atoms with Gasteiger partial charge in [0.1, 0.15) is 6.54 Å². The highest BCUT2D eigenvalue weighted by Gasteiger charge is 2.20. The van der Waals surface area contributed by atoms with Crippen LogP contribution in [0.15, 0.2) is 66.2 Å². The molecule has 172 valence electrons. The van der Waals surface area contributed by atoms with Gasteiger partial charge in [-0.05, 0) is 29.2 Å². The Hall–Kier alpha value is -3.52. The van der Waals surface area contributed by atoms with Gasteiger partial charge in [-0.15, -0.1) is 11.3 Å². The first-order chi connectivity index (χ1) is 15.9. The highest BCUT2D eigenvalue weighted by atomic mass is 32.1. The van der Waals surface area contributed by atoms with Crippen molar-refractivity contribution in [2.75, 3.05) is 16.8 Å². The van der Waals surface area contributed by atoms with E-state index in [4.69, 9.17) is 0 Å². The summed E-state index contributed by atoms with van der Waals surface area (Å²) in [6, 6.07) is 17.2. The molecule has 0 unspecified atom stereocenters. The number of hydrogen-bond acceptors (Lipinski definition) is 5. The van der Waals surface area contributed by atoms with Crippen LogP contribution in [0.25, 0.3) is 0 Å². The maximum Gasteiger partial charge on any atom is 0.240 e. The molecule has 1 aromatic heterocycles. The van der Waals surface area contributed by atoms with E-state index in [1.165, 1.54) is 16.2 Å². The predicted octanol–water partition coefficient (Wildman–Crippen LogP) is 4.33. The van der Waals surface area contributed by atoms with Gasteiger partial charge in [-0.25, -0.2) is 4.98 Å². The van der Waals surface area contributed by atoms with E-state index in [0.29, 0.717) is 23.3 Å². The normalized spacial score (nSPS) is 10.6. The minimum absolute atomic E-state index is 0.00459. The lowest BCUT2D eigenvalue weighted by Crippen LogP contribution is -2.41. The molecule has 7 nitrogen and oxygen atoms in total. The van der Waals surface area contributed by atoms with E-state index in [0.717, 1.165) is 11.1 Å². The SMILES string of the molecule is CC(C)c1ccc(N(CC(=O)NCc2ccccc2)C(=O)CCC(=O)Nc2nccs2)cc1. The summed E-state index contributed by atoms with van der Waals surface area (Å²) in [7, 11) is 0. The van der Waals surface area contributed by atoms with Crippen LogP contribution in [0, 0.1) is 0 Å². The molecule has 0 atom stereocenters. The smallest absolute Gasteiger partial charge is 0.240 e. The number of benzene rings is 2. The lowest BCUT2D eigenvalue weighted by atomic mass is 10.0. The molecule has 0 aliphatic heterocycles. The number of carbonyl (C=O) groups excluding carboxylic acids is 3. The molecule has 3 aromatic rings. The zero-order valence-corrected chi connectivity index (χ0v) is 19.6. The van der Waals surface area contributed by atoms with Gasteiger partial charge in [0, 0.05) is 36.7 Å². The van der Waals surface area contributed by atoms with Crippen LogP contribution >= 0.6 is 11.3 Å². The molecule has 3 rings (SSSR count).